The molecule has 1 heterocycles. The van der Waals surface area contributed by atoms with Crippen LogP contribution in [0, 0.1) is 6.92 Å². The van der Waals surface area contributed by atoms with Crippen molar-refractivity contribution < 1.29 is 4.79 Å². The van der Waals surface area contributed by atoms with E-state index < -0.39 is 0 Å². The Morgan fingerprint density at radius 3 is 2.84 bits per heavy atom. The molecule has 1 aromatic heterocycles. The molecule has 1 aromatic carbocycles. The van der Waals surface area contributed by atoms with Gasteiger partial charge >= 0.3 is 0 Å². The van der Waals surface area contributed by atoms with Gasteiger partial charge in [-0.25, -0.2) is 4.98 Å². The molecule has 4 heteroatoms. The predicted molar refractivity (Wildman–Crippen MR) is 79.2 cm³/mol. The zero-order valence-corrected chi connectivity index (χ0v) is 12.3. The van der Waals surface area contributed by atoms with Gasteiger partial charge in [-0.3, -0.25) is 4.79 Å². The number of nitrogens with one attached hydrogen (secondary N) is 1. The van der Waals surface area contributed by atoms with Gasteiger partial charge in [-0.15, -0.1) is 0 Å². The van der Waals surface area contributed by atoms with Gasteiger partial charge in [-0.1, -0.05) is 29.8 Å². The molecule has 0 unspecified atom stereocenters. The first kappa shape index (κ1) is 13.7. The quantitative estimate of drug-likeness (QED) is 0.941. The van der Waals surface area contributed by atoms with E-state index in [-0.39, 0.29) is 5.91 Å². The van der Waals surface area contributed by atoms with Gasteiger partial charge in [0.2, 0.25) is 0 Å². The second kappa shape index (κ2) is 6.48. The van der Waals surface area contributed by atoms with E-state index in [2.05, 4.69) is 51.4 Å². The monoisotopic (exact) mass is 318 g/mol. The highest BCUT2D eigenvalue weighted by molar-refractivity contribution is 9.10. The summed E-state index contributed by atoms with van der Waals surface area (Å²) in [7, 11) is 0. The van der Waals surface area contributed by atoms with Crippen LogP contribution in [0.15, 0.2) is 47.1 Å². The van der Waals surface area contributed by atoms with E-state index in [1.807, 2.05) is 12.1 Å². The van der Waals surface area contributed by atoms with Crippen molar-refractivity contribution >= 4 is 21.8 Å². The number of carbonyl (C=O) groups excluding carboxylic acids is 1. The van der Waals surface area contributed by atoms with Crippen molar-refractivity contribution in [3.05, 3.63) is 63.9 Å². The molecule has 0 aliphatic rings. The van der Waals surface area contributed by atoms with E-state index in [1.54, 1.807) is 12.3 Å². The molecule has 0 saturated heterocycles. The lowest BCUT2D eigenvalue weighted by Gasteiger charge is -2.05. The van der Waals surface area contributed by atoms with Gasteiger partial charge in [-0.2, -0.15) is 0 Å². The Bertz CT molecular complexity index is 567. The van der Waals surface area contributed by atoms with Crippen molar-refractivity contribution in [2.75, 3.05) is 6.54 Å². The highest BCUT2D eigenvalue weighted by Gasteiger charge is 2.05. The van der Waals surface area contributed by atoms with Gasteiger partial charge in [0, 0.05) is 17.2 Å². The molecule has 19 heavy (non-hydrogen) atoms. The van der Waals surface area contributed by atoms with E-state index in [0.29, 0.717) is 12.2 Å². The molecule has 3 nitrogen and oxygen atoms in total. The zero-order valence-electron chi connectivity index (χ0n) is 10.7. The molecule has 0 radical (unpaired) electrons. The predicted octanol–water partition coefficient (Wildman–Crippen LogP) is 3.13. The summed E-state index contributed by atoms with van der Waals surface area (Å²) in [4.78, 5) is 15.9. The highest BCUT2D eigenvalue weighted by atomic mass is 79.9. The Balaban J connectivity index is 1.86. The molecule has 0 atom stereocenters. The molecule has 0 aliphatic heterocycles. The molecule has 0 bridgehead atoms. The molecule has 1 amide bonds. The van der Waals surface area contributed by atoms with Crippen LogP contribution in [0.5, 0.6) is 0 Å². The Kier molecular flexibility index (Phi) is 4.68. The molecule has 2 rings (SSSR count). The topological polar surface area (TPSA) is 42.0 Å². The van der Waals surface area contributed by atoms with Gasteiger partial charge in [0.1, 0.15) is 5.69 Å². The van der Waals surface area contributed by atoms with Crippen LogP contribution >= 0.6 is 15.9 Å². The number of benzene rings is 1. The number of rotatable bonds is 4. The molecular weight excluding hydrogens is 304 g/mol. The number of hydrogen-bond donors (Lipinski definition) is 1. The van der Waals surface area contributed by atoms with Gasteiger partial charge in [0.15, 0.2) is 0 Å². The van der Waals surface area contributed by atoms with Crippen LogP contribution in [-0.2, 0) is 6.42 Å². The van der Waals surface area contributed by atoms with Gasteiger partial charge < -0.3 is 5.32 Å². The highest BCUT2D eigenvalue weighted by Crippen LogP contribution is 2.07. The number of halogens is 1. The molecule has 98 valence electrons. The van der Waals surface area contributed by atoms with Crippen LogP contribution < -0.4 is 5.32 Å². The number of aryl methyl sites for hydroxylation is 1. The van der Waals surface area contributed by atoms with E-state index >= 15 is 0 Å². The number of carbonyl (C=O) groups is 1. The fourth-order valence-electron chi connectivity index (χ4n) is 1.79. The average Bonchev–Trinajstić information content (AvgIpc) is 2.39. The van der Waals surface area contributed by atoms with Crippen molar-refractivity contribution in [1.82, 2.24) is 10.3 Å². The second-order valence-corrected chi connectivity index (χ2v) is 5.27. The standard InChI is InChI=1S/C15H15BrN2O/c1-11-3-2-4-12(9-11)7-8-17-15(19)14-6-5-13(16)10-18-14/h2-6,9-10H,7-8H2,1H3,(H,17,19). The minimum atomic E-state index is -0.139. The number of hydrogen-bond acceptors (Lipinski definition) is 2. The maximum absolute atomic E-state index is 11.8. The number of amides is 1. The molecule has 0 fully saturated rings. The minimum absolute atomic E-state index is 0.139. The third kappa shape index (κ3) is 4.17. The summed E-state index contributed by atoms with van der Waals surface area (Å²) >= 11 is 3.29. The van der Waals surface area contributed by atoms with Gasteiger partial charge in [0.05, 0.1) is 0 Å². The Morgan fingerprint density at radius 1 is 1.32 bits per heavy atom. The third-order valence-electron chi connectivity index (χ3n) is 2.74. The fraction of sp³-hybridized carbons (Fsp3) is 0.200. The van der Waals surface area contributed by atoms with Crippen molar-refractivity contribution in [2.24, 2.45) is 0 Å². The van der Waals surface area contributed by atoms with Crippen molar-refractivity contribution in [1.29, 1.82) is 0 Å². The first-order valence-corrected chi connectivity index (χ1v) is 6.90. The van der Waals surface area contributed by atoms with Crippen LogP contribution in [0.4, 0.5) is 0 Å². The molecule has 2 aromatic rings. The van der Waals surface area contributed by atoms with E-state index in [9.17, 15) is 4.79 Å². The van der Waals surface area contributed by atoms with E-state index in [4.69, 9.17) is 0 Å². The Morgan fingerprint density at radius 2 is 2.16 bits per heavy atom. The number of aromatic nitrogens is 1. The molecule has 0 aliphatic carbocycles. The normalized spacial score (nSPS) is 10.2. The van der Waals surface area contributed by atoms with E-state index in [1.165, 1.54) is 11.1 Å². The third-order valence-corrected chi connectivity index (χ3v) is 3.21. The average molecular weight is 319 g/mol. The number of nitrogens with zero attached hydrogens (tertiary/aromatic N) is 1. The fourth-order valence-corrected chi connectivity index (χ4v) is 2.02. The smallest absolute Gasteiger partial charge is 0.269 e. The van der Waals surface area contributed by atoms with Crippen molar-refractivity contribution in [2.45, 2.75) is 13.3 Å². The van der Waals surface area contributed by atoms with Crippen LogP contribution in [-0.4, -0.2) is 17.4 Å². The van der Waals surface area contributed by atoms with Crippen LogP contribution in [0.3, 0.4) is 0 Å². The first-order chi connectivity index (χ1) is 9.15. The van der Waals surface area contributed by atoms with Gasteiger partial charge in [0.25, 0.3) is 5.91 Å². The van der Waals surface area contributed by atoms with Crippen molar-refractivity contribution in [3.8, 4) is 0 Å². The summed E-state index contributed by atoms with van der Waals surface area (Å²) in [5, 5.41) is 2.87. The van der Waals surface area contributed by atoms with Gasteiger partial charge in [-0.05, 0) is 47.0 Å². The second-order valence-electron chi connectivity index (χ2n) is 4.36. The number of pyridine rings is 1. The van der Waals surface area contributed by atoms with Crippen LogP contribution in [0.2, 0.25) is 0 Å². The van der Waals surface area contributed by atoms with E-state index in [0.717, 1.165) is 10.9 Å². The minimum Gasteiger partial charge on any atom is -0.350 e. The SMILES string of the molecule is Cc1cccc(CCNC(=O)c2ccc(Br)cn2)c1. The summed E-state index contributed by atoms with van der Waals surface area (Å²) in [6.45, 7) is 2.67. The van der Waals surface area contributed by atoms with Crippen molar-refractivity contribution in [3.63, 3.8) is 0 Å². The first-order valence-electron chi connectivity index (χ1n) is 6.10. The lowest BCUT2D eigenvalue weighted by molar-refractivity contribution is 0.0949. The maximum Gasteiger partial charge on any atom is 0.269 e. The molecule has 0 spiro atoms. The summed E-state index contributed by atoms with van der Waals surface area (Å²) < 4.78 is 0.865. The molecule has 0 saturated carbocycles. The summed E-state index contributed by atoms with van der Waals surface area (Å²) in [6, 6.07) is 11.8. The summed E-state index contributed by atoms with van der Waals surface area (Å²) in [6.07, 6.45) is 2.44. The molecular formula is C15H15BrN2O. The summed E-state index contributed by atoms with van der Waals surface area (Å²) in [5.74, 6) is -0.139. The molecule has 1 N–H and O–H groups in total. The lowest BCUT2D eigenvalue weighted by Crippen LogP contribution is -2.26. The van der Waals surface area contributed by atoms with Crippen LogP contribution in [0.25, 0.3) is 0 Å². The largest absolute Gasteiger partial charge is 0.350 e. The summed E-state index contributed by atoms with van der Waals surface area (Å²) in [5.41, 5.74) is 2.90. The Labute approximate surface area is 121 Å². The van der Waals surface area contributed by atoms with Crippen LogP contribution in [0.1, 0.15) is 21.6 Å². The zero-order chi connectivity index (χ0) is 13.7. The lowest BCUT2D eigenvalue weighted by atomic mass is 10.1. The maximum atomic E-state index is 11.8. The Hall–Kier alpha value is -1.68.